The first-order valence-corrected chi connectivity index (χ1v) is 9.09. The lowest BCUT2D eigenvalue weighted by Gasteiger charge is -2.23. The molecule has 2 heterocycles. The van der Waals surface area contributed by atoms with Crippen molar-refractivity contribution < 1.29 is 9.84 Å². The molecule has 1 aromatic carbocycles. The highest BCUT2D eigenvalue weighted by molar-refractivity contribution is 5.56. The van der Waals surface area contributed by atoms with Crippen LogP contribution in [0.1, 0.15) is 61.9 Å². The van der Waals surface area contributed by atoms with E-state index < -0.39 is 0 Å². The number of benzene rings is 1. The Balaban J connectivity index is 1.71. The summed E-state index contributed by atoms with van der Waals surface area (Å²) in [4.78, 5) is 4.90. The Kier molecular flexibility index (Phi) is 4.63. The first-order chi connectivity index (χ1) is 11.8. The molecule has 1 saturated heterocycles. The lowest BCUT2D eigenvalue weighted by atomic mass is 9.95. The summed E-state index contributed by atoms with van der Waals surface area (Å²) in [5.41, 5.74) is 2.00. The topological polar surface area (TPSA) is 60.2 Å². The summed E-state index contributed by atoms with van der Waals surface area (Å²) in [5.74, 6) is 2.22. The van der Waals surface area contributed by atoms with Crippen LogP contribution in [0.15, 0.2) is 24.3 Å². The number of aliphatic hydroxyl groups excluding tert-OH is 1. The van der Waals surface area contributed by atoms with Gasteiger partial charge in [-0.1, -0.05) is 43.5 Å². The molecule has 1 aromatic heterocycles. The SMILES string of the molecule is OCc1ccc(-c2nc(C3CCOC3)nn2C2CCCCC2)cc1. The van der Waals surface area contributed by atoms with Crippen molar-refractivity contribution >= 4 is 0 Å². The van der Waals surface area contributed by atoms with Crippen molar-refractivity contribution in [3.63, 3.8) is 0 Å². The third-order valence-corrected chi connectivity index (χ3v) is 5.26. The van der Waals surface area contributed by atoms with Gasteiger partial charge in [-0.2, -0.15) is 5.10 Å². The van der Waals surface area contributed by atoms with Crippen LogP contribution in [0.4, 0.5) is 0 Å². The van der Waals surface area contributed by atoms with Gasteiger partial charge in [0, 0.05) is 18.1 Å². The number of rotatable bonds is 4. The van der Waals surface area contributed by atoms with E-state index in [1.807, 2.05) is 24.3 Å². The highest BCUT2D eigenvalue weighted by atomic mass is 16.5. The van der Waals surface area contributed by atoms with Gasteiger partial charge in [0.15, 0.2) is 11.6 Å². The van der Waals surface area contributed by atoms with Gasteiger partial charge in [0.1, 0.15) is 0 Å². The van der Waals surface area contributed by atoms with Crippen LogP contribution in [0.25, 0.3) is 11.4 Å². The van der Waals surface area contributed by atoms with Crippen molar-refractivity contribution in [1.82, 2.24) is 14.8 Å². The van der Waals surface area contributed by atoms with Gasteiger partial charge in [-0.15, -0.1) is 0 Å². The second kappa shape index (κ2) is 7.03. The molecule has 1 aliphatic carbocycles. The maximum atomic E-state index is 9.26. The highest BCUT2D eigenvalue weighted by Gasteiger charge is 2.27. The lowest BCUT2D eigenvalue weighted by Crippen LogP contribution is -2.15. The van der Waals surface area contributed by atoms with Crippen molar-refractivity contribution in [1.29, 1.82) is 0 Å². The van der Waals surface area contributed by atoms with Gasteiger partial charge in [0.25, 0.3) is 0 Å². The van der Waals surface area contributed by atoms with E-state index in [1.54, 1.807) is 0 Å². The second-order valence-corrected chi connectivity index (χ2v) is 6.95. The molecule has 5 heteroatoms. The fourth-order valence-corrected chi connectivity index (χ4v) is 3.79. The zero-order chi connectivity index (χ0) is 16.4. The number of nitrogens with zero attached hydrogens (tertiary/aromatic N) is 3. The number of hydrogen-bond donors (Lipinski definition) is 1. The van der Waals surface area contributed by atoms with Crippen LogP contribution >= 0.6 is 0 Å². The fourth-order valence-electron chi connectivity index (χ4n) is 3.79. The van der Waals surface area contributed by atoms with Crippen molar-refractivity contribution in [2.24, 2.45) is 0 Å². The Bertz CT molecular complexity index is 668. The molecule has 1 saturated carbocycles. The van der Waals surface area contributed by atoms with Gasteiger partial charge in [-0.05, 0) is 24.8 Å². The lowest BCUT2D eigenvalue weighted by molar-refractivity contribution is 0.193. The third kappa shape index (κ3) is 3.10. The molecular formula is C19H25N3O2. The average molecular weight is 327 g/mol. The van der Waals surface area contributed by atoms with Gasteiger partial charge >= 0.3 is 0 Å². The highest BCUT2D eigenvalue weighted by Crippen LogP contribution is 2.33. The van der Waals surface area contributed by atoms with Crippen molar-refractivity contribution in [3.8, 4) is 11.4 Å². The zero-order valence-corrected chi connectivity index (χ0v) is 14.0. The first-order valence-electron chi connectivity index (χ1n) is 9.09. The Morgan fingerprint density at radius 2 is 1.88 bits per heavy atom. The molecule has 2 aromatic rings. The largest absolute Gasteiger partial charge is 0.392 e. The molecule has 0 bridgehead atoms. The molecule has 2 aliphatic rings. The van der Waals surface area contributed by atoms with E-state index in [-0.39, 0.29) is 6.61 Å². The Hall–Kier alpha value is -1.72. The summed E-state index contributed by atoms with van der Waals surface area (Å²) in [7, 11) is 0. The average Bonchev–Trinajstić information content (AvgIpc) is 3.32. The second-order valence-electron chi connectivity index (χ2n) is 6.95. The number of ether oxygens (including phenoxy) is 1. The molecule has 0 radical (unpaired) electrons. The molecule has 128 valence electrons. The smallest absolute Gasteiger partial charge is 0.158 e. The summed E-state index contributed by atoms with van der Waals surface area (Å²) in [6.45, 7) is 1.61. The predicted octanol–water partition coefficient (Wildman–Crippen LogP) is 3.45. The van der Waals surface area contributed by atoms with Crippen LogP contribution in [0.3, 0.4) is 0 Å². The normalized spacial score (nSPS) is 22.1. The molecule has 5 nitrogen and oxygen atoms in total. The third-order valence-electron chi connectivity index (χ3n) is 5.26. The monoisotopic (exact) mass is 327 g/mol. The minimum absolute atomic E-state index is 0.0697. The number of hydrogen-bond acceptors (Lipinski definition) is 4. The molecular weight excluding hydrogens is 302 g/mol. The standard InChI is InChI=1S/C19H25N3O2/c23-12-14-6-8-15(9-7-14)19-20-18(16-10-11-24-13-16)21-22(19)17-4-2-1-3-5-17/h6-9,16-17,23H,1-5,10-13H2. The molecule has 0 spiro atoms. The molecule has 1 aliphatic heterocycles. The van der Waals surface area contributed by atoms with E-state index in [4.69, 9.17) is 14.8 Å². The minimum Gasteiger partial charge on any atom is -0.392 e. The molecule has 0 amide bonds. The summed E-state index contributed by atoms with van der Waals surface area (Å²) in [5, 5.41) is 14.2. The van der Waals surface area contributed by atoms with E-state index in [2.05, 4.69) is 4.68 Å². The van der Waals surface area contributed by atoms with Gasteiger partial charge in [0.05, 0.1) is 19.3 Å². The molecule has 4 rings (SSSR count). The van der Waals surface area contributed by atoms with Crippen LogP contribution < -0.4 is 0 Å². The molecule has 1 unspecified atom stereocenters. The zero-order valence-electron chi connectivity index (χ0n) is 14.0. The van der Waals surface area contributed by atoms with Crippen LogP contribution in [-0.4, -0.2) is 33.1 Å². The van der Waals surface area contributed by atoms with Crippen LogP contribution in [0, 0.1) is 0 Å². The minimum atomic E-state index is 0.0697. The number of aliphatic hydroxyl groups is 1. The Morgan fingerprint density at radius 3 is 2.54 bits per heavy atom. The van der Waals surface area contributed by atoms with E-state index >= 15 is 0 Å². The quantitative estimate of drug-likeness (QED) is 0.934. The summed E-state index contributed by atoms with van der Waals surface area (Å²) >= 11 is 0. The van der Waals surface area contributed by atoms with E-state index in [1.165, 1.54) is 32.1 Å². The van der Waals surface area contributed by atoms with Gasteiger partial charge in [0.2, 0.25) is 0 Å². The van der Waals surface area contributed by atoms with Crippen molar-refractivity contribution in [3.05, 3.63) is 35.7 Å². The summed E-state index contributed by atoms with van der Waals surface area (Å²) in [6.07, 6.45) is 7.26. The van der Waals surface area contributed by atoms with Gasteiger partial charge in [-0.3, -0.25) is 0 Å². The Labute approximate surface area is 142 Å². The van der Waals surface area contributed by atoms with E-state index in [9.17, 15) is 5.11 Å². The first kappa shape index (κ1) is 15.8. The molecule has 1 atom stereocenters. The molecule has 1 N–H and O–H groups in total. The predicted molar refractivity (Wildman–Crippen MR) is 91.7 cm³/mol. The van der Waals surface area contributed by atoms with Gasteiger partial charge < -0.3 is 9.84 Å². The van der Waals surface area contributed by atoms with Crippen LogP contribution in [0.2, 0.25) is 0 Å². The van der Waals surface area contributed by atoms with Crippen LogP contribution in [0.5, 0.6) is 0 Å². The number of aromatic nitrogens is 3. The molecule has 2 fully saturated rings. The maximum absolute atomic E-state index is 9.26. The van der Waals surface area contributed by atoms with E-state index in [0.717, 1.165) is 42.4 Å². The Morgan fingerprint density at radius 1 is 1.08 bits per heavy atom. The maximum Gasteiger partial charge on any atom is 0.158 e. The summed E-state index contributed by atoms with van der Waals surface area (Å²) < 4.78 is 7.69. The van der Waals surface area contributed by atoms with Crippen LogP contribution in [-0.2, 0) is 11.3 Å². The van der Waals surface area contributed by atoms with Gasteiger partial charge in [-0.25, -0.2) is 9.67 Å². The van der Waals surface area contributed by atoms with E-state index in [0.29, 0.717) is 12.0 Å². The molecule has 24 heavy (non-hydrogen) atoms. The fraction of sp³-hybridized carbons (Fsp3) is 0.579. The van der Waals surface area contributed by atoms with Crippen molar-refractivity contribution in [2.45, 2.75) is 57.1 Å². The van der Waals surface area contributed by atoms with Crippen molar-refractivity contribution in [2.75, 3.05) is 13.2 Å². The summed E-state index contributed by atoms with van der Waals surface area (Å²) in [6, 6.07) is 8.48.